The molecule has 30 heavy (non-hydrogen) atoms. The Morgan fingerprint density at radius 2 is 2.03 bits per heavy atom. The first-order chi connectivity index (χ1) is 14.0. The van der Waals surface area contributed by atoms with Crippen LogP contribution >= 0.6 is 11.8 Å². The van der Waals surface area contributed by atoms with Gasteiger partial charge in [0.15, 0.2) is 0 Å². The van der Waals surface area contributed by atoms with Crippen LogP contribution in [-0.4, -0.2) is 83.9 Å². The number of nitrogens with one attached hydrogen (secondary N) is 1. The van der Waals surface area contributed by atoms with Crippen molar-refractivity contribution in [2.45, 2.75) is 29.8 Å². The van der Waals surface area contributed by atoms with Crippen molar-refractivity contribution >= 4 is 29.8 Å². The zero-order valence-electron chi connectivity index (χ0n) is 15.2. The van der Waals surface area contributed by atoms with E-state index in [2.05, 4.69) is 20.8 Å². The van der Waals surface area contributed by atoms with Gasteiger partial charge in [0.1, 0.15) is 6.04 Å². The van der Waals surface area contributed by atoms with Crippen LogP contribution in [0.25, 0.3) is 0 Å². The zero-order chi connectivity index (χ0) is 22.2. The van der Waals surface area contributed by atoms with Crippen LogP contribution in [0.3, 0.4) is 0 Å². The molecule has 0 aromatic carbocycles. The lowest BCUT2D eigenvalue weighted by molar-refractivity contribution is -0.192. The van der Waals surface area contributed by atoms with Crippen molar-refractivity contribution < 1.29 is 42.5 Å². The summed E-state index contributed by atoms with van der Waals surface area (Å²) in [6.45, 7) is 0.728. The number of tetrazole rings is 1. The van der Waals surface area contributed by atoms with Crippen molar-refractivity contribution in [3.8, 4) is 0 Å². The molecule has 12 nitrogen and oxygen atoms in total. The number of aliphatic carboxylic acids is 1. The Hall–Kier alpha value is -2.88. The molecule has 4 rings (SSSR count). The van der Waals surface area contributed by atoms with Crippen molar-refractivity contribution in [2.24, 2.45) is 13.0 Å². The Balaban J connectivity index is 0.000000318. The normalized spacial score (nSPS) is 24.6. The molecular formula is C14H15F3N6O6S. The molecule has 3 N–H and O–H groups in total. The number of halogens is 3. The molecule has 3 atom stereocenters. The van der Waals surface area contributed by atoms with Crippen molar-refractivity contribution in [2.75, 3.05) is 12.3 Å². The molecule has 0 saturated carbocycles. The molecule has 0 bridgehead atoms. The first-order valence-electron chi connectivity index (χ1n) is 8.38. The second-order valence-electron chi connectivity index (χ2n) is 6.40. The highest BCUT2D eigenvalue weighted by Gasteiger charge is 2.60. The highest BCUT2D eigenvalue weighted by atomic mass is 32.2. The van der Waals surface area contributed by atoms with Gasteiger partial charge >= 0.3 is 18.3 Å². The van der Waals surface area contributed by atoms with E-state index < -0.39 is 18.3 Å². The number of thioether (sulfide) groups is 1. The molecule has 0 spiro atoms. The van der Waals surface area contributed by atoms with E-state index in [4.69, 9.17) is 19.7 Å². The highest BCUT2D eigenvalue weighted by molar-refractivity contribution is 7.99. The number of carboxylic acid groups (broad SMARTS) is 2. The number of nitrogens with zero attached hydrogens (tertiary/aromatic N) is 5. The van der Waals surface area contributed by atoms with Gasteiger partial charge in [-0.15, -0.1) is 5.10 Å². The third-order valence-corrected chi connectivity index (χ3v) is 5.74. The molecule has 0 aliphatic carbocycles. The summed E-state index contributed by atoms with van der Waals surface area (Å²) in [4.78, 5) is 33.6. The minimum Gasteiger partial charge on any atom is -0.475 e. The highest BCUT2D eigenvalue weighted by Crippen LogP contribution is 2.47. The van der Waals surface area contributed by atoms with E-state index in [1.54, 1.807) is 11.7 Å². The fraction of sp³-hybridized carbons (Fsp3) is 0.571. The number of piperidine rings is 1. The van der Waals surface area contributed by atoms with E-state index in [1.165, 1.54) is 16.7 Å². The van der Waals surface area contributed by atoms with Gasteiger partial charge in [-0.2, -0.15) is 13.2 Å². The van der Waals surface area contributed by atoms with Crippen LogP contribution in [0.15, 0.2) is 16.6 Å². The number of aromatic nitrogens is 4. The van der Waals surface area contributed by atoms with Gasteiger partial charge in [0.2, 0.25) is 16.9 Å². The first-order valence-corrected chi connectivity index (χ1v) is 9.36. The summed E-state index contributed by atoms with van der Waals surface area (Å²) in [7, 11) is 1.73. The lowest BCUT2D eigenvalue weighted by Crippen LogP contribution is -2.71. The van der Waals surface area contributed by atoms with Crippen molar-refractivity contribution in [1.82, 2.24) is 30.4 Å². The minimum atomic E-state index is -5.08. The molecule has 3 aliphatic heterocycles. The van der Waals surface area contributed by atoms with E-state index in [9.17, 15) is 22.8 Å². The first kappa shape index (κ1) is 21.8. The van der Waals surface area contributed by atoms with Crippen LogP contribution in [0.2, 0.25) is 0 Å². The molecule has 1 aromatic heterocycles. The lowest BCUT2D eigenvalue weighted by Gasteiger charge is -2.48. The predicted molar refractivity (Wildman–Crippen MR) is 89.9 cm³/mol. The maximum absolute atomic E-state index is 12.2. The van der Waals surface area contributed by atoms with Gasteiger partial charge in [0.05, 0.1) is 6.04 Å². The van der Waals surface area contributed by atoms with Gasteiger partial charge in [0, 0.05) is 24.3 Å². The maximum Gasteiger partial charge on any atom is 0.512 e. The van der Waals surface area contributed by atoms with Crippen molar-refractivity contribution in [3.05, 3.63) is 11.5 Å². The number of hydrogen-bond donors (Lipinski definition) is 3. The second kappa shape index (κ2) is 8.10. The number of carbonyl (C=O) groups is 3. The summed E-state index contributed by atoms with van der Waals surface area (Å²) < 4.78 is 38.2. The van der Waals surface area contributed by atoms with Gasteiger partial charge in [-0.1, -0.05) is 11.8 Å². The van der Waals surface area contributed by atoms with Crippen LogP contribution in [-0.2, 0) is 21.4 Å². The van der Waals surface area contributed by atoms with Gasteiger partial charge < -0.3 is 20.3 Å². The van der Waals surface area contributed by atoms with Gasteiger partial charge in [0.25, 0.3) is 0 Å². The van der Waals surface area contributed by atoms with Gasteiger partial charge in [-0.05, 0) is 23.4 Å². The molecule has 1 amide bonds. The molecule has 2 fully saturated rings. The SMILES string of the molecule is Cn1nnnc1SCC1=C(OC(=O)O)N2C(=O)[C@H]3NCCC1[C@H]32.O=C(O)C(F)(F)F. The van der Waals surface area contributed by atoms with Crippen LogP contribution in [0.1, 0.15) is 6.42 Å². The number of rotatable bonds is 4. The Morgan fingerprint density at radius 3 is 2.57 bits per heavy atom. The average molecular weight is 452 g/mol. The summed E-state index contributed by atoms with van der Waals surface area (Å²) in [6, 6.07) is -0.279. The molecule has 1 unspecified atom stereocenters. The number of alkyl halides is 3. The maximum atomic E-state index is 12.2. The van der Waals surface area contributed by atoms with Crippen molar-refractivity contribution in [3.63, 3.8) is 0 Å². The molecule has 16 heteroatoms. The number of aryl methyl sites for hydroxylation is 1. The molecule has 3 aliphatic rings. The van der Waals surface area contributed by atoms with E-state index in [0.717, 1.165) is 18.5 Å². The summed E-state index contributed by atoms with van der Waals surface area (Å²) >= 11 is 1.40. The summed E-state index contributed by atoms with van der Waals surface area (Å²) in [6.07, 6.45) is -5.66. The number of ether oxygens (including phenoxy) is 1. The van der Waals surface area contributed by atoms with Crippen LogP contribution in [0, 0.1) is 5.92 Å². The zero-order valence-corrected chi connectivity index (χ0v) is 16.0. The minimum absolute atomic E-state index is 0.0428. The van der Waals surface area contributed by atoms with Gasteiger partial charge in [-0.25, -0.2) is 14.3 Å². The Labute approximate surface area is 170 Å². The Bertz CT molecular complexity index is 905. The number of carboxylic acids is 1. The fourth-order valence-electron chi connectivity index (χ4n) is 3.48. The van der Waals surface area contributed by atoms with Gasteiger partial charge in [-0.3, -0.25) is 9.69 Å². The summed E-state index contributed by atoms with van der Waals surface area (Å²) in [5.74, 6) is -2.13. The molecule has 2 saturated heterocycles. The average Bonchev–Trinajstić information content (AvgIpc) is 3.18. The number of hydrogen-bond acceptors (Lipinski definition) is 9. The molecule has 4 heterocycles. The third kappa shape index (κ3) is 4.04. The topological polar surface area (TPSA) is 160 Å². The monoisotopic (exact) mass is 452 g/mol. The summed E-state index contributed by atoms with van der Waals surface area (Å²) in [5.41, 5.74) is 0.836. The fourth-order valence-corrected chi connectivity index (χ4v) is 4.42. The van der Waals surface area contributed by atoms with E-state index in [-0.39, 0.29) is 29.8 Å². The van der Waals surface area contributed by atoms with Crippen LogP contribution in [0.5, 0.6) is 0 Å². The smallest absolute Gasteiger partial charge is 0.475 e. The quantitative estimate of drug-likeness (QED) is 0.322. The third-order valence-electron chi connectivity index (χ3n) is 4.68. The van der Waals surface area contributed by atoms with E-state index in [1.807, 2.05) is 0 Å². The standard InChI is InChI=1S/C12H14N6O4S.C2HF3O2/c1-17-11(14-15-16-17)23-4-6-5-2-3-13-7-8(5)18(9(7)19)10(6)22-12(20)21;3-2(4,5)1(6)7/h5,7-8,13H,2-4H2,1H3,(H,20,21);(H,6,7)/t5?,7-,8+;/m0./s1. The lowest BCUT2D eigenvalue weighted by atomic mass is 9.80. The second-order valence-corrected chi connectivity index (χ2v) is 7.34. The number of β-lactam (4-membered cyclic amide) rings is 1. The number of amides is 1. The van der Waals surface area contributed by atoms with Crippen molar-refractivity contribution in [1.29, 1.82) is 0 Å². The predicted octanol–water partition coefficient (Wildman–Crippen LogP) is 0.0442. The molecule has 1 aromatic rings. The van der Waals surface area contributed by atoms with Crippen LogP contribution in [0.4, 0.5) is 18.0 Å². The summed E-state index contributed by atoms with van der Waals surface area (Å²) in [5, 5.41) is 31.2. The Kier molecular flexibility index (Phi) is 5.89. The molecule has 0 radical (unpaired) electrons. The molecular weight excluding hydrogens is 437 g/mol. The van der Waals surface area contributed by atoms with E-state index >= 15 is 0 Å². The largest absolute Gasteiger partial charge is 0.512 e. The van der Waals surface area contributed by atoms with E-state index in [0.29, 0.717) is 10.9 Å². The van der Waals surface area contributed by atoms with Crippen LogP contribution < -0.4 is 5.32 Å². The molecule has 164 valence electrons. The number of carbonyl (C=O) groups excluding carboxylic acids is 1. The Morgan fingerprint density at radius 1 is 1.37 bits per heavy atom.